The van der Waals surface area contributed by atoms with Gasteiger partial charge in [-0.05, 0) is 50.1 Å². The van der Waals surface area contributed by atoms with Gasteiger partial charge in [-0.15, -0.1) is 0 Å². The van der Waals surface area contributed by atoms with Gasteiger partial charge in [-0.2, -0.15) is 0 Å². The van der Waals surface area contributed by atoms with E-state index in [9.17, 15) is 19.7 Å². The van der Waals surface area contributed by atoms with Crippen LogP contribution in [0.2, 0.25) is 0 Å². The van der Waals surface area contributed by atoms with Crippen molar-refractivity contribution in [1.29, 1.82) is 0 Å². The Balaban J connectivity index is 1.91. The van der Waals surface area contributed by atoms with E-state index in [2.05, 4.69) is 0 Å². The largest absolute Gasteiger partial charge is 0.482 e. The van der Waals surface area contributed by atoms with E-state index in [-0.39, 0.29) is 30.4 Å². The van der Waals surface area contributed by atoms with Gasteiger partial charge in [-0.1, -0.05) is 6.07 Å². The van der Waals surface area contributed by atoms with Crippen LogP contribution >= 0.6 is 0 Å². The summed E-state index contributed by atoms with van der Waals surface area (Å²) < 4.78 is 5.35. The molecule has 28 heavy (non-hydrogen) atoms. The third-order valence-electron chi connectivity index (χ3n) is 4.53. The number of aryl methyl sites for hydroxylation is 2. The number of nitro groups is 1. The first-order valence-electron chi connectivity index (χ1n) is 8.90. The number of nitrogens with zero attached hydrogens (tertiary/aromatic N) is 3. The first kappa shape index (κ1) is 19.3. The number of fused-ring (bicyclic) bond motifs is 1. The highest BCUT2D eigenvalue weighted by Gasteiger charge is 2.30. The zero-order valence-corrected chi connectivity index (χ0v) is 16.0. The molecule has 146 valence electrons. The summed E-state index contributed by atoms with van der Waals surface area (Å²) in [5, 5.41) is 11.1. The van der Waals surface area contributed by atoms with E-state index >= 15 is 0 Å². The third-order valence-corrected chi connectivity index (χ3v) is 4.53. The van der Waals surface area contributed by atoms with Gasteiger partial charge in [-0.25, -0.2) is 0 Å². The molecule has 2 aromatic rings. The van der Waals surface area contributed by atoms with Gasteiger partial charge < -0.3 is 9.64 Å². The monoisotopic (exact) mass is 383 g/mol. The van der Waals surface area contributed by atoms with Crippen LogP contribution in [0.1, 0.15) is 18.1 Å². The highest BCUT2D eigenvalue weighted by atomic mass is 16.6. The maximum atomic E-state index is 13.0. The number of likely N-dealkylation sites (N-methyl/N-ethyl adjacent to an activating group) is 1. The predicted molar refractivity (Wildman–Crippen MR) is 105 cm³/mol. The molecule has 2 aromatic carbocycles. The van der Waals surface area contributed by atoms with Crippen LogP contribution < -0.4 is 14.5 Å². The fourth-order valence-corrected chi connectivity index (χ4v) is 3.31. The number of carbonyl (C=O) groups is 2. The smallest absolute Gasteiger partial charge is 0.271 e. The quantitative estimate of drug-likeness (QED) is 0.584. The molecular weight excluding hydrogens is 362 g/mol. The Kier molecular flexibility index (Phi) is 5.30. The van der Waals surface area contributed by atoms with Crippen molar-refractivity contribution in [2.24, 2.45) is 0 Å². The van der Waals surface area contributed by atoms with Crippen LogP contribution in [0.25, 0.3) is 0 Å². The van der Waals surface area contributed by atoms with E-state index in [1.807, 2.05) is 39.0 Å². The zero-order chi connectivity index (χ0) is 20.4. The zero-order valence-electron chi connectivity index (χ0n) is 16.0. The van der Waals surface area contributed by atoms with Gasteiger partial charge >= 0.3 is 0 Å². The number of ether oxygens (including phenoxy) is 1. The van der Waals surface area contributed by atoms with Crippen LogP contribution in [0, 0.1) is 24.0 Å². The maximum absolute atomic E-state index is 13.0. The number of hydrogen-bond acceptors (Lipinski definition) is 5. The van der Waals surface area contributed by atoms with Gasteiger partial charge in [0.05, 0.1) is 10.6 Å². The average Bonchev–Trinajstić information content (AvgIpc) is 2.63. The van der Waals surface area contributed by atoms with E-state index in [1.54, 1.807) is 4.90 Å². The second-order valence-electron chi connectivity index (χ2n) is 6.66. The van der Waals surface area contributed by atoms with Crippen molar-refractivity contribution in [3.05, 3.63) is 57.6 Å². The molecule has 0 unspecified atom stereocenters. The Bertz CT molecular complexity index is 937. The minimum Gasteiger partial charge on any atom is -0.482 e. The molecule has 0 saturated heterocycles. The first-order chi connectivity index (χ1) is 13.3. The second kappa shape index (κ2) is 7.67. The van der Waals surface area contributed by atoms with E-state index in [0.29, 0.717) is 12.3 Å². The van der Waals surface area contributed by atoms with Crippen LogP contribution in [-0.2, 0) is 9.59 Å². The SMILES string of the molecule is CCN(C(=O)CN1C(=O)COc2ccc([N+](=O)[O-])cc21)c1cc(C)cc(C)c1. The fraction of sp³-hybridized carbons (Fsp3) is 0.300. The van der Waals surface area contributed by atoms with Gasteiger partial charge in [-0.3, -0.25) is 24.6 Å². The molecule has 0 radical (unpaired) electrons. The standard InChI is InChI=1S/C20H21N3O5/c1-4-21(16-8-13(2)7-14(3)9-16)19(24)11-22-17-10-15(23(26)27)5-6-18(17)28-12-20(22)25/h5-10H,4,11-12H2,1-3H3. The van der Waals surface area contributed by atoms with E-state index in [0.717, 1.165) is 16.8 Å². The maximum Gasteiger partial charge on any atom is 0.271 e. The number of benzene rings is 2. The number of amides is 2. The third kappa shape index (κ3) is 3.80. The second-order valence-corrected chi connectivity index (χ2v) is 6.66. The van der Waals surface area contributed by atoms with E-state index < -0.39 is 10.8 Å². The predicted octanol–water partition coefficient (Wildman–Crippen LogP) is 2.99. The van der Waals surface area contributed by atoms with Crippen LogP contribution in [0.4, 0.5) is 17.1 Å². The molecule has 2 amide bonds. The lowest BCUT2D eigenvalue weighted by Gasteiger charge is -2.31. The summed E-state index contributed by atoms with van der Waals surface area (Å²) in [6, 6.07) is 9.85. The summed E-state index contributed by atoms with van der Waals surface area (Å²) in [7, 11) is 0. The van der Waals surface area contributed by atoms with E-state index in [4.69, 9.17) is 4.74 Å². The summed E-state index contributed by atoms with van der Waals surface area (Å²) >= 11 is 0. The number of non-ortho nitro benzene ring substituents is 1. The van der Waals surface area contributed by atoms with Crippen LogP contribution in [0.15, 0.2) is 36.4 Å². The molecule has 0 fully saturated rings. The van der Waals surface area contributed by atoms with E-state index in [1.165, 1.54) is 23.1 Å². The molecule has 1 aliphatic rings. The topological polar surface area (TPSA) is 93.0 Å². The molecule has 8 nitrogen and oxygen atoms in total. The Morgan fingerprint density at radius 2 is 1.89 bits per heavy atom. The van der Waals surface area contributed by atoms with Crippen molar-refractivity contribution < 1.29 is 19.2 Å². The van der Waals surface area contributed by atoms with Crippen molar-refractivity contribution in [2.75, 3.05) is 29.5 Å². The lowest BCUT2D eigenvalue weighted by atomic mass is 10.1. The van der Waals surface area contributed by atoms with Crippen molar-refractivity contribution >= 4 is 28.9 Å². The summed E-state index contributed by atoms with van der Waals surface area (Å²) in [6.07, 6.45) is 0. The molecular formula is C20H21N3O5. The van der Waals surface area contributed by atoms with Crippen molar-refractivity contribution in [2.45, 2.75) is 20.8 Å². The van der Waals surface area contributed by atoms with Crippen molar-refractivity contribution in [1.82, 2.24) is 0 Å². The summed E-state index contributed by atoms with van der Waals surface area (Å²) in [6.45, 7) is 5.76. The number of carbonyl (C=O) groups excluding carboxylic acids is 2. The molecule has 0 N–H and O–H groups in total. The molecule has 1 heterocycles. The minimum absolute atomic E-state index is 0.170. The molecule has 0 aliphatic carbocycles. The van der Waals surface area contributed by atoms with Crippen LogP contribution in [-0.4, -0.2) is 36.4 Å². The van der Waals surface area contributed by atoms with Crippen molar-refractivity contribution in [3.8, 4) is 5.75 Å². The Morgan fingerprint density at radius 3 is 2.50 bits per heavy atom. The molecule has 0 bridgehead atoms. The molecule has 0 saturated carbocycles. The molecule has 3 rings (SSSR count). The minimum atomic E-state index is -0.548. The van der Waals surface area contributed by atoms with Gasteiger partial charge in [0.1, 0.15) is 12.3 Å². The molecule has 0 aromatic heterocycles. The molecule has 0 atom stereocenters. The van der Waals surface area contributed by atoms with Gasteiger partial charge in [0, 0.05) is 24.4 Å². The molecule has 8 heteroatoms. The lowest BCUT2D eigenvalue weighted by molar-refractivity contribution is -0.384. The highest BCUT2D eigenvalue weighted by Crippen LogP contribution is 2.35. The molecule has 1 aliphatic heterocycles. The Morgan fingerprint density at radius 1 is 1.21 bits per heavy atom. The normalized spacial score (nSPS) is 13.0. The summed E-state index contributed by atoms with van der Waals surface area (Å²) in [4.78, 5) is 38.8. The lowest BCUT2D eigenvalue weighted by Crippen LogP contribution is -2.46. The van der Waals surface area contributed by atoms with Crippen LogP contribution in [0.3, 0.4) is 0 Å². The number of nitro benzene ring substituents is 1. The highest BCUT2D eigenvalue weighted by molar-refractivity contribution is 6.06. The molecule has 0 spiro atoms. The summed E-state index contributed by atoms with van der Waals surface area (Å²) in [5.41, 5.74) is 2.88. The average molecular weight is 383 g/mol. The van der Waals surface area contributed by atoms with Gasteiger partial charge in [0.25, 0.3) is 11.6 Å². The van der Waals surface area contributed by atoms with Crippen molar-refractivity contribution in [3.63, 3.8) is 0 Å². The fourth-order valence-electron chi connectivity index (χ4n) is 3.31. The number of anilines is 2. The van der Waals surface area contributed by atoms with Crippen LogP contribution in [0.5, 0.6) is 5.75 Å². The van der Waals surface area contributed by atoms with Gasteiger partial charge in [0.15, 0.2) is 6.61 Å². The number of rotatable bonds is 5. The summed E-state index contributed by atoms with van der Waals surface area (Å²) in [5.74, 6) is -0.356. The Labute approximate surface area is 162 Å². The van der Waals surface area contributed by atoms with Gasteiger partial charge in [0.2, 0.25) is 5.91 Å². The first-order valence-corrected chi connectivity index (χ1v) is 8.90. The number of hydrogen-bond donors (Lipinski definition) is 0. The Hall–Kier alpha value is -3.42.